The van der Waals surface area contributed by atoms with E-state index in [0.717, 1.165) is 10.5 Å². The van der Waals surface area contributed by atoms with Crippen LogP contribution >= 0.6 is 0 Å². The fourth-order valence-corrected chi connectivity index (χ4v) is 8.03. The zero-order valence-electron chi connectivity index (χ0n) is 39.7. The van der Waals surface area contributed by atoms with Gasteiger partial charge in [-0.25, -0.2) is 14.8 Å². The summed E-state index contributed by atoms with van der Waals surface area (Å²) in [4.78, 5) is 79.9. The molecule has 4 aromatic rings. The lowest BCUT2D eigenvalue weighted by atomic mass is 9.86. The fraction of sp³-hybridized carbons (Fsp3) is 0.449. The number of anilines is 1. The Bertz CT molecular complexity index is 2540. The van der Waals surface area contributed by atoms with Crippen LogP contribution in [0.4, 0.5) is 5.82 Å². The predicted molar refractivity (Wildman–Crippen MR) is 255 cm³/mol. The second-order valence-electron chi connectivity index (χ2n) is 18.4. The summed E-state index contributed by atoms with van der Waals surface area (Å²) >= 11 is 0. The normalized spacial score (nSPS) is 17.8. The molecule has 1 aliphatic heterocycles. The topological polar surface area (TPSA) is 350 Å². The molecule has 0 radical (unpaired) electrons. The Hall–Kier alpha value is -6.71. The standard InChI is InChI=1S/C49H64N8O12/c1-24-13-38(62)42(57(6)47(65)27(11-12-50)17-37(61)41-25(2)54-45(56-44(41)53)32-9-8-29(19-36(32)60)49(3,4)5)28-16-34(43(63)40(18-28)69-23-31(59)21-52)33-14-26(15-35(48(66)67)55-46(24)64)7-10-39(33)68-22-30(58)20-51/h7-10,14,16,18-19,24,27,30-31,35,42,58-60,63H,11-13,15,17,20-23,50-52H2,1-6H3,(H,55,64)(H,66,67)(H2,53,54,56)/t24-,27-,30-,31-,35+,42+/m1/s1. The van der Waals surface area contributed by atoms with Gasteiger partial charge in [0, 0.05) is 62.4 Å². The van der Waals surface area contributed by atoms with Gasteiger partial charge in [-0.05, 0) is 78.4 Å². The number of aliphatic hydroxyl groups is 2. The van der Waals surface area contributed by atoms with Gasteiger partial charge in [0.25, 0.3) is 0 Å². The first kappa shape index (κ1) is 53.2. The van der Waals surface area contributed by atoms with E-state index in [1.54, 1.807) is 25.1 Å². The van der Waals surface area contributed by atoms with Crippen molar-refractivity contribution in [1.29, 1.82) is 0 Å². The zero-order chi connectivity index (χ0) is 51.1. The number of hydrogen-bond donors (Lipinski definition) is 10. The van der Waals surface area contributed by atoms with Gasteiger partial charge in [0.15, 0.2) is 28.9 Å². The number of aliphatic hydroxyl groups excluding tert-OH is 2. The van der Waals surface area contributed by atoms with Crippen LogP contribution in [0.2, 0.25) is 0 Å². The number of carboxylic acid groups (broad SMARTS) is 1. The number of nitrogens with zero attached hydrogens (tertiary/aromatic N) is 3. The predicted octanol–water partition coefficient (Wildman–Crippen LogP) is 2.27. The Balaban J connectivity index is 1.63. The Morgan fingerprint density at radius 2 is 1.54 bits per heavy atom. The molecule has 3 aromatic carbocycles. The minimum Gasteiger partial charge on any atom is -0.507 e. The van der Waals surface area contributed by atoms with E-state index in [1.165, 1.54) is 38.2 Å². The molecule has 372 valence electrons. The molecule has 6 atom stereocenters. The average Bonchev–Trinajstić information content (AvgIpc) is 3.29. The molecule has 2 amide bonds. The summed E-state index contributed by atoms with van der Waals surface area (Å²) < 4.78 is 11.8. The lowest BCUT2D eigenvalue weighted by molar-refractivity contribution is -0.144. The molecule has 20 heteroatoms. The molecule has 1 aromatic heterocycles. The number of nitrogens with one attached hydrogen (secondary N) is 1. The molecule has 0 fully saturated rings. The monoisotopic (exact) mass is 956 g/mol. The van der Waals surface area contributed by atoms with Gasteiger partial charge >= 0.3 is 5.97 Å². The number of carbonyl (C=O) groups excluding carboxylic acids is 4. The van der Waals surface area contributed by atoms with Crippen molar-refractivity contribution in [3.05, 3.63) is 76.5 Å². The van der Waals surface area contributed by atoms with Gasteiger partial charge in [0.1, 0.15) is 54.8 Å². The van der Waals surface area contributed by atoms with Crippen molar-refractivity contribution in [1.82, 2.24) is 20.2 Å². The summed E-state index contributed by atoms with van der Waals surface area (Å²) in [6.45, 7) is 7.84. The number of likely N-dealkylation sites (N-methyl/N-ethyl adjacent to an activating group) is 1. The van der Waals surface area contributed by atoms with Gasteiger partial charge in [-0.15, -0.1) is 0 Å². The van der Waals surface area contributed by atoms with Crippen LogP contribution in [-0.4, -0.2) is 128 Å². The van der Waals surface area contributed by atoms with E-state index in [-0.39, 0.29) is 101 Å². The fourth-order valence-electron chi connectivity index (χ4n) is 8.03. The number of ketones is 2. The number of carbonyl (C=O) groups is 5. The van der Waals surface area contributed by atoms with Crippen molar-refractivity contribution in [3.63, 3.8) is 0 Å². The molecule has 0 saturated carbocycles. The van der Waals surface area contributed by atoms with Crippen LogP contribution in [0.3, 0.4) is 0 Å². The second-order valence-corrected chi connectivity index (χ2v) is 18.4. The van der Waals surface area contributed by atoms with Crippen LogP contribution in [0.25, 0.3) is 22.5 Å². The van der Waals surface area contributed by atoms with Crippen molar-refractivity contribution in [2.75, 3.05) is 45.6 Å². The Labute approximate surface area is 400 Å². The number of Topliss-reactive ketones (excluding diaryl/α,β-unsaturated/α-hetero) is 2. The number of aliphatic carboxylic acids is 1. The molecule has 2 heterocycles. The van der Waals surface area contributed by atoms with E-state index in [1.807, 2.05) is 26.8 Å². The van der Waals surface area contributed by atoms with E-state index in [4.69, 9.17) is 32.4 Å². The highest BCUT2D eigenvalue weighted by Crippen LogP contribution is 2.45. The minimum absolute atomic E-state index is 0.0231. The lowest BCUT2D eigenvalue weighted by Crippen LogP contribution is -2.45. The maximum atomic E-state index is 14.9. The first-order valence-electron chi connectivity index (χ1n) is 22.5. The molecular formula is C49H64N8O12. The molecule has 0 unspecified atom stereocenters. The SMILES string of the molecule is Cc1nc(-c2ccc(C(C)(C)C)cc2O)nc(N)c1C(=O)C[C@@H](CCN)C(=O)N(C)[C@@H]1C(=O)C[C@@H](C)C(=O)N[C@H](C(=O)O)Cc2ccc(OC[C@H](O)CN)c(c2)-c2cc1cc(OC[C@H](O)CN)c2O. The number of ether oxygens (including phenoxy) is 2. The van der Waals surface area contributed by atoms with E-state index < -0.39 is 90.7 Å². The Morgan fingerprint density at radius 1 is 0.884 bits per heavy atom. The number of fused-ring (bicyclic) bond motifs is 5. The molecule has 0 saturated heterocycles. The highest BCUT2D eigenvalue weighted by atomic mass is 16.5. The molecule has 0 spiro atoms. The second kappa shape index (κ2) is 22.6. The van der Waals surface area contributed by atoms with E-state index in [2.05, 4.69) is 15.3 Å². The number of nitrogens with two attached hydrogens (primary N) is 4. The number of benzene rings is 3. The number of rotatable bonds is 17. The van der Waals surface area contributed by atoms with Gasteiger partial charge < -0.3 is 68.2 Å². The summed E-state index contributed by atoms with van der Waals surface area (Å²) in [6, 6.07) is 9.32. The van der Waals surface area contributed by atoms with Gasteiger partial charge in [-0.2, -0.15) is 0 Å². The van der Waals surface area contributed by atoms with Crippen LogP contribution in [-0.2, 0) is 31.0 Å². The first-order chi connectivity index (χ1) is 32.5. The third kappa shape index (κ3) is 12.7. The van der Waals surface area contributed by atoms with Crippen LogP contribution in [0.15, 0.2) is 48.5 Å². The van der Waals surface area contributed by atoms with Gasteiger partial charge in [0.05, 0.1) is 16.8 Å². The number of aromatic nitrogens is 2. The third-order valence-electron chi connectivity index (χ3n) is 12.0. The van der Waals surface area contributed by atoms with Gasteiger partial charge in [0.2, 0.25) is 11.8 Å². The van der Waals surface area contributed by atoms with Gasteiger partial charge in [-0.1, -0.05) is 39.8 Å². The average molecular weight is 957 g/mol. The van der Waals surface area contributed by atoms with E-state index >= 15 is 0 Å². The summed E-state index contributed by atoms with van der Waals surface area (Å²) in [7, 11) is 1.33. The molecular weight excluding hydrogens is 893 g/mol. The number of phenols is 2. The minimum atomic E-state index is -1.55. The Morgan fingerprint density at radius 3 is 2.12 bits per heavy atom. The van der Waals surface area contributed by atoms with Crippen molar-refractivity contribution >= 4 is 35.2 Å². The number of nitrogen functional groups attached to an aromatic ring is 1. The molecule has 14 N–H and O–H groups in total. The van der Waals surface area contributed by atoms with Crippen molar-refractivity contribution in [3.8, 4) is 45.5 Å². The molecule has 5 rings (SSSR count). The molecule has 69 heavy (non-hydrogen) atoms. The molecule has 0 aliphatic carbocycles. The maximum absolute atomic E-state index is 14.9. The lowest BCUT2D eigenvalue weighted by Gasteiger charge is -2.32. The first-order valence-corrected chi connectivity index (χ1v) is 22.5. The van der Waals surface area contributed by atoms with Crippen LogP contribution < -0.4 is 37.7 Å². The summed E-state index contributed by atoms with van der Waals surface area (Å²) in [5, 5.41) is 56.2. The summed E-state index contributed by atoms with van der Waals surface area (Å²) in [5.41, 5.74) is 25.3. The Kier molecular flexibility index (Phi) is 17.4. The number of amides is 2. The molecule has 4 bridgehead atoms. The number of carboxylic acids is 1. The number of phenolic OH excluding ortho intramolecular Hbond substituents is 2. The summed E-state index contributed by atoms with van der Waals surface area (Å²) in [5.74, 6) is -7.28. The van der Waals surface area contributed by atoms with Crippen molar-refractivity contribution in [2.45, 2.75) is 90.0 Å². The largest absolute Gasteiger partial charge is 0.507 e. The highest BCUT2D eigenvalue weighted by molar-refractivity contribution is 6.03. The van der Waals surface area contributed by atoms with Crippen LogP contribution in [0, 0.1) is 18.8 Å². The van der Waals surface area contributed by atoms with Crippen LogP contribution in [0.5, 0.6) is 23.0 Å². The van der Waals surface area contributed by atoms with Crippen molar-refractivity contribution < 1.29 is 59.0 Å². The van der Waals surface area contributed by atoms with E-state index in [0.29, 0.717) is 11.1 Å². The number of aryl methyl sites for hydroxylation is 1. The number of hydrogen-bond acceptors (Lipinski definition) is 17. The van der Waals surface area contributed by atoms with Crippen molar-refractivity contribution in [2.24, 2.45) is 29.0 Å². The quantitative estimate of drug-likeness (QED) is 0.0679. The number of aromatic hydroxyl groups is 2. The molecule has 20 nitrogen and oxygen atoms in total. The smallest absolute Gasteiger partial charge is 0.326 e. The van der Waals surface area contributed by atoms with Gasteiger partial charge in [-0.3, -0.25) is 19.2 Å². The zero-order valence-corrected chi connectivity index (χ0v) is 39.7. The van der Waals surface area contributed by atoms with E-state index in [9.17, 15) is 49.5 Å². The highest BCUT2D eigenvalue weighted by Gasteiger charge is 2.37. The third-order valence-corrected chi connectivity index (χ3v) is 12.0. The van der Waals surface area contributed by atoms with Crippen LogP contribution in [0.1, 0.15) is 85.7 Å². The molecule has 1 aliphatic rings. The summed E-state index contributed by atoms with van der Waals surface area (Å²) in [6.07, 6.45) is -3.53. The maximum Gasteiger partial charge on any atom is 0.326 e.